The smallest absolute Gasteiger partial charge is 0.332 e. The van der Waals surface area contributed by atoms with Gasteiger partial charge in [-0.2, -0.15) is 0 Å². The molecule has 112 valence electrons. The first-order valence-electron chi connectivity index (χ1n) is 7.44. The minimum atomic E-state index is -1.49. The molecule has 1 aromatic rings. The molecule has 0 saturated carbocycles. The van der Waals surface area contributed by atoms with Crippen molar-refractivity contribution in [1.29, 1.82) is 0 Å². The van der Waals surface area contributed by atoms with E-state index in [0.29, 0.717) is 12.1 Å². The Morgan fingerprint density at radius 3 is 3.09 bits per heavy atom. The van der Waals surface area contributed by atoms with Crippen molar-refractivity contribution in [1.82, 2.24) is 5.32 Å². The summed E-state index contributed by atoms with van der Waals surface area (Å²) in [6.07, 6.45) is 5.37. The second-order valence-electron chi connectivity index (χ2n) is 6.30. The molecule has 0 bridgehead atoms. The van der Waals surface area contributed by atoms with Gasteiger partial charge in [-0.3, -0.25) is 10.1 Å². The molecular formula is C16H14N2O4. The number of amides is 3. The molecule has 1 spiro atoms. The SMILES string of the molecule is O=C1NC(=O)[C@]23OC=C[C@H]2[C@@]2(O)CCCc4cccc(c42)N13. The number of hydrogen-bond donors (Lipinski definition) is 2. The lowest BCUT2D eigenvalue weighted by molar-refractivity contribution is -0.152. The topological polar surface area (TPSA) is 78.9 Å². The lowest BCUT2D eigenvalue weighted by Gasteiger charge is -2.51. The number of imide groups is 1. The average Bonchev–Trinajstić information content (AvgIpc) is 3.03. The van der Waals surface area contributed by atoms with Crippen molar-refractivity contribution in [2.75, 3.05) is 4.90 Å². The molecule has 1 saturated heterocycles. The van der Waals surface area contributed by atoms with Crippen LogP contribution in [0.3, 0.4) is 0 Å². The number of carbonyl (C=O) groups excluding carboxylic acids is 2. The third-order valence-electron chi connectivity index (χ3n) is 5.34. The quantitative estimate of drug-likeness (QED) is 0.704. The fourth-order valence-corrected chi connectivity index (χ4v) is 4.54. The lowest BCUT2D eigenvalue weighted by atomic mass is 9.65. The van der Waals surface area contributed by atoms with Crippen LogP contribution in [-0.2, 0) is 21.6 Å². The molecule has 5 rings (SSSR count). The normalized spacial score (nSPS) is 37.3. The Hall–Kier alpha value is -2.34. The minimum Gasteiger partial charge on any atom is -0.465 e. The highest BCUT2D eigenvalue weighted by atomic mass is 16.5. The third kappa shape index (κ3) is 1.07. The summed E-state index contributed by atoms with van der Waals surface area (Å²) in [6, 6.07) is 5.10. The van der Waals surface area contributed by atoms with E-state index in [1.54, 1.807) is 12.1 Å². The molecule has 0 radical (unpaired) electrons. The molecule has 6 nitrogen and oxygen atoms in total. The molecule has 0 unspecified atom stereocenters. The van der Waals surface area contributed by atoms with Crippen LogP contribution in [0.2, 0.25) is 0 Å². The molecular weight excluding hydrogens is 284 g/mol. The molecule has 1 aliphatic carbocycles. The largest absolute Gasteiger partial charge is 0.465 e. The van der Waals surface area contributed by atoms with Gasteiger partial charge < -0.3 is 9.84 Å². The van der Waals surface area contributed by atoms with E-state index < -0.39 is 29.2 Å². The summed E-state index contributed by atoms with van der Waals surface area (Å²) in [7, 11) is 0. The van der Waals surface area contributed by atoms with Crippen molar-refractivity contribution in [3.63, 3.8) is 0 Å². The Kier molecular flexibility index (Phi) is 1.96. The molecule has 3 amide bonds. The average molecular weight is 298 g/mol. The maximum Gasteiger partial charge on any atom is 0.332 e. The number of anilines is 1. The molecule has 2 N–H and O–H groups in total. The number of benzene rings is 1. The second kappa shape index (κ2) is 3.52. The summed E-state index contributed by atoms with van der Waals surface area (Å²) in [4.78, 5) is 26.2. The second-order valence-corrected chi connectivity index (χ2v) is 6.30. The number of urea groups is 1. The summed E-state index contributed by atoms with van der Waals surface area (Å²) < 4.78 is 5.62. The highest BCUT2D eigenvalue weighted by molar-refractivity contribution is 6.17. The highest BCUT2D eigenvalue weighted by Gasteiger charge is 2.71. The molecule has 1 fully saturated rings. The molecule has 6 heteroatoms. The summed E-state index contributed by atoms with van der Waals surface area (Å²) in [5.74, 6) is -1.11. The summed E-state index contributed by atoms with van der Waals surface area (Å²) in [5.41, 5.74) is -0.304. The molecule has 4 aliphatic rings. The van der Waals surface area contributed by atoms with Gasteiger partial charge in [0.1, 0.15) is 5.60 Å². The van der Waals surface area contributed by atoms with Crippen LogP contribution in [-0.4, -0.2) is 22.8 Å². The number of fused-ring (bicyclic) bond motifs is 2. The van der Waals surface area contributed by atoms with Crippen LogP contribution >= 0.6 is 0 Å². The van der Waals surface area contributed by atoms with Gasteiger partial charge in [-0.25, -0.2) is 9.69 Å². The van der Waals surface area contributed by atoms with Crippen molar-refractivity contribution in [3.8, 4) is 0 Å². The zero-order valence-electron chi connectivity index (χ0n) is 11.7. The third-order valence-corrected chi connectivity index (χ3v) is 5.34. The number of aliphatic hydroxyl groups is 1. The predicted molar refractivity (Wildman–Crippen MR) is 75.7 cm³/mol. The number of ether oxygens (including phenoxy) is 1. The van der Waals surface area contributed by atoms with Gasteiger partial charge in [-0.05, 0) is 37.0 Å². The van der Waals surface area contributed by atoms with Crippen LogP contribution in [0.4, 0.5) is 10.5 Å². The number of hydrogen-bond acceptors (Lipinski definition) is 4. The summed E-state index contributed by atoms with van der Waals surface area (Å²) >= 11 is 0. The van der Waals surface area contributed by atoms with E-state index >= 15 is 0 Å². The van der Waals surface area contributed by atoms with E-state index in [1.807, 2.05) is 12.1 Å². The zero-order chi connectivity index (χ0) is 15.1. The van der Waals surface area contributed by atoms with Crippen molar-refractivity contribution in [3.05, 3.63) is 41.7 Å². The maximum atomic E-state index is 12.5. The van der Waals surface area contributed by atoms with E-state index in [4.69, 9.17) is 4.74 Å². The van der Waals surface area contributed by atoms with Crippen LogP contribution in [0.15, 0.2) is 30.5 Å². The Balaban J connectivity index is 1.90. The van der Waals surface area contributed by atoms with E-state index in [9.17, 15) is 14.7 Å². The molecule has 22 heavy (non-hydrogen) atoms. The molecule has 3 atom stereocenters. The van der Waals surface area contributed by atoms with E-state index in [2.05, 4.69) is 5.32 Å². The first kappa shape index (κ1) is 12.2. The fourth-order valence-electron chi connectivity index (χ4n) is 4.54. The molecule has 0 aromatic heterocycles. The Morgan fingerprint density at radius 1 is 1.36 bits per heavy atom. The zero-order valence-corrected chi connectivity index (χ0v) is 11.7. The van der Waals surface area contributed by atoms with Crippen molar-refractivity contribution < 1.29 is 19.4 Å². The summed E-state index contributed by atoms with van der Waals surface area (Å²) in [5, 5.41) is 13.8. The van der Waals surface area contributed by atoms with Gasteiger partial charge in [0.15, 0.2) is 0 Å². The highest BCUT2D eigenvalue weighted by Crippen LogP contribution is 2.58. The number of carbonyl (C=O) groups is 2. The van der Waals surface area contributed by atoms with Crippen molar-refractivity contribution in [2.45, 2.75) is 30.6 Å². The first-order valence-corrected chi connectivity index (χ1v) is 7.44. The monoisotopic (exact) mass is 298 g/mol. The van der Waals surface area contributed by atoms with E-state index in [1.165, 1.54) is 11.2 Å². The number of nitrogens with zero attached hydrogens (tertiary/aromatic N) is 1. The first-order chi connectivity index (χ1) is 10.6. The molecule has 1 aromatic carbocycles. The van der Waals surface area contributed by atoms with Crippen LogP contribution < -0.4 is 10.2 Å². The van der Waals surface area contributed by atoms with E-state index in [0.717, 1.165) is 24.0 Å². The van der Waals surface area contributed by atoms with Gasteiger partial charge in [0.05, 0.1) is 17.9 Å². The predicted octanol–water partition coefficient (Wildman–Crippen LogP) is 1.14. The molecule has 3 heterocycles. The van der Waals surface area contributed by atoms with Gasteiger partial charge in [0.25, 0.3) is 11.6 Å². The molecule has 3 aliphatic heterocycles. The van der Waals surface area contributed by atoms with Crippen LogP contribution in [0.1, 0.15) is 24.0 Å². The Bertz CT molecular complexity index is 773. The Labute approximate surface area is 126 Å². The Morgan fingerprint density at radius 2 is 2.23 bits per heavy atom. The van der Waals surface area contributed by atoms with Gasteiger partial charge >= 0.3 is 6.03 Å². The standard InChI is InChI=1S/C16H14N2O4/c19-13-16-11(6-8-22-16)15(21)7-2-4-9-3-1-5-10(12(9)15)18(16)14(20)17-13/h1,3,5-6,8,11,21H,2,4,7H2,(H,17,19,20)/t11-,15-,16+/m0/s1. The van der Waals surface area contributed by atoms with Crippen molar-refractivity contribution >= 4 is 17.6 Å². The van der Waals surface area contributed by atoms with Crippen LogP contribution in [0.25, 0.3) is 0 Å². The number of nitrogens with one attached hydrogen (secondary N) is 1. The number of rotatable bonds is 0. The van der Waals surface area contributed by atoms with Crippen molar-refractivity contribution in [2.24, 2.45) is 5.92 Å². The van der Waals surface area contributed by atoms with Gasteiger partial charge in [-0.1, -0.05) is 12.1 Å². The van der Waals surface area contributed by atoms with Crippen LogP contribution in [0, 0.1) is 5.92 Å². The fraction of sp³-hybridized carbons (Fsp3) is 0.375. The van der Waals surface area contributed by atoms with Gasteiger partial charge in [0.2, 0.25) is 0 Å². The van der Waals surface area contributed by atoms with Gasteiger partial charge in [0, 0.05) is 5.56 Å². The lowest BCUT2D eigenvalue weighted by Crippen LogP contribution is -2.64. The van der Waals surface area contributed by atoms with Gasteiger partial charge in [-0.15, -0.1) is 0 Å². The minimum absolute atomic E-state index is 0.500. The maximum absolute atomic E-state index is 12.5. The van der Waals surface area contributed by atoms with Crippen LogP contribution in [0.5, 0.6) is 0 Å². The van der Waals surface area contributed by atoms with E-state index in [-0.39, 0.29) is 0 Å². The summed E-state index contributed by atoms with van der Waals surface area (Å²) in [6.45, 7) is 0. The number of aryl methyl sites for hydroxylation is 1.